The number of methoxy groups -OCH3 is 2. The van der Waals surface area contributed by atoms with Crippen LogP contribution >= 0.6 is 0 Å². The summed E-state index contributed by atoms with van der Waals surface area (Å²) in [4.78, 5) is 18.8. The first-order valence-electron chi connectivity index (χ1n) is 10.2. The Balaban J connectivity index is 1.75. The number of fused-ring (bicyclic) bond motifs is 5. The molecule has 1 fully saturated rings. The summed E-state index contributed by atoms with van der Waals surface area (Å²) < 4.78 is 10.3. The van der Waals surface area contributed by atoms with E-state index in [0.29, 0.717) is 17.5 Å². The van der Waals surface area contributed by atoms with Gasteiger partial charge in [0.15, 0.2) is 0 Å². The first kappa shape index (κ1) is 19.1. The van der Waals surface area contributed by atoms with Crippen LogP contribution in [0.3, 0.4) is 0 Å². The fourth-order valence-electron chi connectivity index (χ4n) is 5.34. The van der Waals surface area contributed by atoms with Crippen molar-refractivity contribution in [2.45, 2.75) is 39.2 Å². The van der Waals surface area contributed by atoms with Crippen molar-refractivity contribution in [3.63, 3.8) is 0 Å². The normalized spacial score (nSPS) is 25.3. The second kappa shape index (κ2) is 7.63. The van der Waals surface area contributed by atoms with Crippen molar-refractivity contribution in [2.75, 3.05) is 27.3 Å². The SMILES string of the molecule is CC[C@@H]1CN2CCc3c([nH]c4cccc(C)c34)[C@@H]2C[C@@H]1/C(=C\OC)C(=O)OC. The molecule has 3 heterocycles. The van der Waals surface area contributed by atoms with Gasteiger partial charge in [-0.2, -0.15) is 0 Å². The summed E-state index contributed by atoms with van der Waals surface area (Å²) in [5, 5.41) is 1.38. The molecule has 0 aliphatic carbocycles. The molecule has 0 unspecified atom stereocenters. The molecule has 1 aromatic carbocycles. The quantitative estimate of drug-likeness (QED) is 0.491. The summed E-state index contributed by atoms with van der Waals surface area (Å²) in [6.45, 7) is 6.47. The molecule has 28 heavy (non-hydrogen) atoms. The van der Waals surface area contributed by atoms with Gasteiger partial charge in [-0.1, -0.05) is 25.5 Å². The van der Waals surface area contributed by atoms with Crippen LogP contribution in [0.1, 0.15) is 42.6 Å². The van der Waals surface area contributed by atoms with E-state index in [9.17, 15) is 4.79 Å². The third kappa shape index (κ3) is 3.02. The fourth-order valence-corrected chi connectivity index (χ4v) is 5.34. The first-order valence-corrected chi connectivity index (χ1v) is 10.2. The van der Waals surface area contributed by atoms with Crippen LogP contribution in [-0.4, -0.2) is 43.2 Å². The highest BCUT2D eigenvalue weighted by Crippen LogP contribution is 2.46. The molecule has 5 nitrogen and oxygen atoms in total. The van der Waals surface area contributed by atoms with E-state index in [-0.39, 0.29) is 11.9 Å². The molecule has 0 bridgehead atoms. The summed E-state index contributed by atoms with van der Waals surface area (Å²) in [6.07, 6.45) is 4.61. The lowest BCUT2D eigenvalue weighted by molar-refractivity contribution is -0.137. The topological polar surface area (TPSA) is 54.6 Å². The van der Waals surface area contributed by atoms with Gasteiger partial charge in [-0.15, -0.1) is 0 Å². The molecule has 5 heteroatoms. The van der Waals surface area contributed by atoms with Gasteiger partial charge in [0, 0.05) is 29.7 Å². The number of nitrogens with one attached hydrogen (secondary N) is 1. The van der Waals surface area contributed by atoms with Crippen molar-refractivity contribution in [3.05, 3.63) is 46.9 Å². The van der Waals surface area contributed by atoms with Gasteiger partial charge in [0.2, 0.25) is 0 Å². The lowest BCUT2D eigenvalue weighted by Crippen LogP contribution is -2.47. The van der Waals surface area contributed by atoms with Crippen molar-refractivity contribution in [3.8, 4) is 0 Å². The lowest BCUT2D eigenvalue weighted by Gasteiger charge is -2.46. The van der Waals surface area contributed by atoms with E-state index in [1.807, 2.05) is 0 Å². The fraction of sp³-hybridized carbons (Fsp3) is 0.522. The summed E-state index contributed by atoms with van der Waals surface area (Å²) in [5.74, 6) is 0.281. The third-order valence-electron chi connectivity index (χ3n) is 6.70. The minimum atomic E-state index is -0.276. The Kier molecular flexibility index (Phi) is 5.19. The molecule has 0 radical (unpaired) electrons. The van der Waals surface area contributed by atoms with E-state index in [1.54, 1.807) is 13.4 Å². The molecular formula is C23H30N2O3. The maximum absolute atomic E-state index is 12.5. The standard InChI is InChI=1S/C23H30N2O3/c1-5-15-12-25-10-9-16-21-14(2)7-6-8-19(21)24-22(16)20(25)11-17(15)18(13-27-3)23(26)28-4/h6-8,13,15,17,20,24H,5,9-12H2,1-4H3/b18-13+/t15-,17+,20+/m1/s1. The maximum Gasteiger partial charge on any atom is 0.337 e. The molecule has 2 aliphatic rings. The van der Waals surface area contributed by atoms with Crippen molar-refractivity contribution >= 4 is 16.9 Å². The van der Waals surface area contributed by atoms with Gasteiger partial charge in [0.1, 0.15) is 0 Å². The lowest BCUT2D eigenvalue weighted by atomic mass is 9.74. The Hall–Kier alpha value is -2.27. The second-order valence-corrected chi connectivity index (χ2v) is 8.09. The number of hydrogen-bond donors (Lipinski definition) is 1. The molecule has 1 aromatic heterocycles. The van der Waals surface area contributed by atoms with E-state index in [1.165, 1.54) is 34.8 Å². The van der Waals surface area contributed by atoms with Crippen molar-refractivity contribution in [1.29, 1.82) is 0 Å². The van der Waals surface area contributed by atoms with Gasteiger partial charge < -0.3 is 14.5 Å². The van der Waals surface area contributed by atoms with Crippen molar-refractivity contribution in [2.24, 2.45) is 11.8 Å². The highest BCUT2D eigenvalue weighted by atomic mass is 16.5. The summed E-state index contributed by atoms with van der Waals surface area (Å²) >= 11 is 0. The number of H-pyrrole nitrogens is 1. The highest BCUT2D eigenvalue weighted by Gasteiger charge is 2.42. The van der Waals surface area contributed by atoms with E-state index >= 15 is 0 Å². The number of rotatable bonds is 4. The Morgan fingerprint density at radius 2 is 2.18 bits per heavy atom. The number of ether oxygens (including phenoxy) is 2. The van der Waals surface area contributed by atoms with Crippen LogP contribution in [0.15, 0.2) is 30.0 Å². The Labute approximate surface area is 166 Å². The first-order chi connectivity index (χ1) is 13.6. The third-order valence-corrected chi connectivity index (χ3v) is 6.70. The minimum Gasteiger partial charge on any atom is -0.504 e. The smallest absolute Gasteiger partial charge is 0.337 e. The molecule has 0 spiro atoms. The molecule has 150 valence electrons. The molecular weight excluding hydrogens is 352 g/mol. The molecule has 1 N–H and O–H groups in total. The van der Waals surface area contributed by atoms with Gasteiger partial charge in [-0.25, -0.2) is 4.79 Å². The summed E-state index contributed by atoms with van der Waals surface area (Å²) in [6, 6.07) is 6.78. The number of piperidine rings is 1. The van der Waals surface area contributed by atoms with Gasteiger partial charge >= 0.3 is 5.97 Å². The van der Waals surface area contributed by atoms with Crippen LogP contribution in [0, 0.1) is 18.8 Å². The average molecular weight is 383 g/mol. The van der Waals surface area contributed by atoms with Crippen LogP contribution < -0.4 is 0 Å². The van der Waals surface area contributed by atoms with E-state index < -0.39 is 0 Å². The molecule has 0 amide bonds. The van der Waals surface area contributed by atoms with Gasteiger partial charge in [-0.05, 0) is 48.8 Å². The monoisotopic (exact) mass is 382 g/mol. The number of hydrogen-bond acceptors (Lipinski definition) is 4. The molecule has 3 atom stereocenters. The van der Waals surface area contributed by atoms with Gasteiger partial charge in [-0.3, -0.25) is 4.90 Å². The Morgan fingerprint density at radius 3 is 2.89 bits per heavy atom. The van der Waals surface area contributed by atoms with Crippen LogP contribution in [0.5, 0.6) is 0 Å². The average Bonchev–Trinajstić information content (AvgIpc) is 3.10. The van der Waals surface area contributed by atoms with Crippen LogP contribution in [-0.2, 0) is 20.7 Å². The predicted octanol–water partition coefficient (Wildman–Crippen LogP) is 4.12. The number of carbonyl (C=O) groups excluding carboxylic acids is 1. The van der Waals surface area contributed by atoms with Crippen molar-refractivity contribution < 1.29 is 14.3 Å². The van der Waals surface area contributed by atoms with E-state index in [0.717, 1.165) is 32.4 Å². The van der Waals surface area contributed by atoms with Crippen LogP contribution in [0.25, 0.3) is 10.9 Å². The molecule has 4 rings (SSSR count). The van der Waals surface area contributed by atoms with Gasteiger partial charge in [0.05, 0.1) is 32.1 Å². The number of nitrogens with zero attached hydrogens (tertiary/aromatic N) is 1. The Morgan fingerprint density at radius 1 is 1.36 bits per heavy atom. The number of benzene rings is 1. The van der Waals surface area contributed by atoms with E-state index in [4.69, 9.17) is 9.47 Å². The minimum absolute atomic E-state index is 0.136. The number of carbonyl (C=O) groups is 1. The zero-order valence-corrected chi connectivity index (χ0v) is 17.2. The predicted molar refractivity (Wildman–Crippen MR) is 110 cm³/mol. The molecule has 2 aromatic rings. The maximum atomic E-state index is 12.5. The number of esters is 1. The van der Waals surface area contributed by atoms with Crippen molar-refractivity contribution in [1.82, 2.24) is 9.88 Å². The molecule has 2 aliphatic heterocycles. The number of aryl methyl sites for hydroxylation is 1. The number of aromatic nitrogens is 1. The zero-order valence-electron chi connectivity index (χ0n) is 17.2. The molecule has 1 saturated heterocycles. The van der Waals surface area contributed by atoms with Crippen LogP contribution in [0.4, 0.5) is 0 Å². The highest BCUT2D eigenvalue weighted by molar-refractivity contribution is 5.89. The second-order valence-electron chi connectivity index (χ2n) is 8.09. The number of aromatic amines is 1. The molecule has 0 saturated carbocycles. The van der Waals surface area contributed by atoms with Crippen LogP contribution in [0.2, 0.25) is 0 Å². The largest absolute Gasteiger partial charge is 0.504 e. The van der Waals surface area contributed by atoms with Gasteiger partial charge in [0.25, 0.3) is 0 Å². The van der Waals surface area contributed by atoms with E-state index in [2.05, 4.69) is 41.9 Å². The summed E-state index contributed by atoms with van der Waals surface area (Å²) in [5.41, 5.74) is 6.00. The zero-order chi connectivity index (χ0) is 19.8. The summed E-state index contributed by atoms with van der Waals surface area (Å²) in [7, 11) is 3.04. The Bertz CT molecular complexity index is 914.